The molecule has 1 atom stereocenters. The van der Waals surface area contributed by atoms with Gasteiger partial charge in [0.05, 0.1) is 7.11 Å². The molecular formula is C16H29NO3. The van der Waals surface area contributed by atoms with Crippen LogP contribution < -0.4 is 5.32 Å². The van der Waals surface area contributed by atoms with Crippen LogP contribution in [0.2, 0.25) is 0 Å². The second kappa shape index (κ2) is 8.98. The Kier molecular flexibility index (Phi) is 7.63. The van der Waals surface area contributed by atoms with Gasteiger partial charge in [-0.1, -0.05) is 39.5 Å². The Morgan fingerprint density at radius 2 is 1.75 bits per heavy atom. The van der Waals surface area contributed by atoms with Crippen LogP contribution in [-0.2, 0) is 14.3 Å². The first-order valence-corrected chi connectivity index (χ1v) is 7.90. The molecule has 1 rings (SSSR count). The summed E-state index contributed by atoms with van der Waals surface area (Å²) >= 11 is 0. The van der Waals surface area contributed by atoms with E-state index in [1.807, 2.05) is 13.8 Å². The maximum absolute atomic E-state index is 12.1. The highest BCUT2D eigenvalue weighted by molar-refractivity contribution is 5.84. The quantitative estimate of drug-likeness (QED) is 0.602. The highest BCUT2D eigenvalue weighted by Crippen LogP contribution is 2.25. The van der Waals surface area contributed by atoms with E-state index in [0.29, 0.717) is 24.7 Å². The number of hydrogen-bond acceptors (Lipinski definition) is 3. The standard InChI is InChI=1S/C16H29NO3/c1-12(2)10-14(16(19)20-3)17-15(18)11-13-8-6-4-5-7-9-13/h12-14H,4-11H2,1-3H3,(H,17,18). The molecule has 0 spiro atoms. The predicted molar refractivity (Wildman–Crippen MR) is 79.2 cm³/mol. The third-order valence-electron chi connectivity index (χ3n) is 3.98. The van der Waals surface area contributed by atoms with E-state index in [9.17, 15) is 9.59 Å². The van der Waals surface area contributed by atoms with E-state index < -0.39 is 6.04 Å². The molecule has 1 unspecified atom stereocenters. The summed E-state index contributed by atoms with van der Waals surface area (Å²) in [6.45, 7) is 4.07. The van der Waals surface area contributed by atoms with Crippen LogP contribution in [0.4, 0.5) is 0 Å². The van der Waals surface area contributed by atoms with Crippen LogP contribution in [0.3, 0.4) is 0 Å². The first-order chi connectivity index (χ1) is 9.52. The SMILES string of the molecule is COC(=O)C(CC(C)C)NC(=O)CC1CCCCCC1. The van der Waals surface area contributed by atoms with E-state index in [-0.39, 0.29) is 11.9 Å². The molecule has 0 saturated heterocycles. The molecule has 1 N–H and O–H groups in total. The number of methoxy groups -OCH3 is 1. The van der Waals surface area contributed by atoms with Crippen molar-refractivity contribution in [2.75, 3.05) is 7.11 Å². The Bertz CT molecular complexity index is 307. The van der Waals surface area contributed by atoms with Gasteiger partial charge in [-0.15, -0.1) is 0 Å². The van der Waals surface area contributed by atoms with Gasteiger partial charge in [-0.05, 0) is 31.1 Å². The average Bonchev–Trinajstić information content (AvgIpc) is 2.65. The van der Waals surface area contributed by atoms with Crippen molar-refractivity contribution in [2.45, 2.75) is 71.3 Å². The number of carbonyl (C=O) groups excluding carboxylic acids is 2. The molecular weight excluding hydrogens is 254 g/mol. The van der Waals surface area contributed by atoms with E-state index in [2.05, 4.69) is 5.32 Å². The number of esters is 1. The summed E-state index contributed by atoms with van der Waals surface area (Å²) < 4.78 is 4.77. The highest BCUT2D eigenvalue weighted by Gasteiger charge is 2.24. The molecule has 20 heavy (non-hydrogen) atoms. The Morgan fingerprint density at radius 3 is 2.25 bits per heavy atom. The van der Waals surface area contributed by atoms with Gasteiger partial charge >= 0.3 is 5.97 Å². The lowest BCUT2D eigenvalue weighted by atomic mass is 9.95. The van der Waals surface area contributed by atoms with Crippen LogP contribution in [-0.4, -0.2) is 25.0 Å². The summed E-state index contributed by atoms with van der Waals surface area (Å²) in [5.74, 6) is 0.480. The zero-order chi connectivity index (χ0) is 15.0. The fourth-order valence-electron chi connectivity index (χ4n) is 2.91. The van der Waals surface area contributed by atoms with Crippen molar-refractivity contribution in [1.29, 1.82) is 0 Å². The van der Waals surface area contributed by atoms with Crippen molar-refractivity contribution in [2.24, 2.45) is 11.8 Å². The molecule has 4 nitrogen and oxygen atoms in total. The molecule has 116 valence electrons. The van der Waals surface area contributed by atoms with Gasteiger partial charge < -0.3 is 10.1 Å². The number of nitrogens with one attached hydrogen (secondary N) is 1. The van der Waals surface area contributed by atoms with E-state index in [0.717, 1.165) is 12.8 Å². The Labute approximate surface area is 122 Å². The molecule has 1 amide bonds. The number of rotatable bonds is 6. The van der Waals surface area contributed by atoms with Gasteiger partial charge in [-0.25, -0.2) is 4.79 Å². The summed E-state index contributed by atoms with van der Waals surface area (Å²) in [6.07, 6.45) is 8.48. The van der Waals surface area contributed by atoms with Gasteiger partial charge in [0, 0.05) is 6.42 Å². The number of ether oxygens (including phenoxy) is 1. The van der Waals surface area contributed by atoms with Crippen molar-refractivity contribution in [3.8, 4) is 0 Å². The Hall–Kier alpha value is -1.06. The Morgan fingerprint density at radius 1 is 1.15 bits per heavy atom. The minimum Gasteiger partial charge on any atom is -0.467 e. The van der Waals surface area contributed by atoms with Crippen LogP contribution >= 0.6 is 0 Å². The number of carbonyl (C=O) groups is 2. The van der Waals surface area contributed by atoms with Crippen molar-refractivity contribution >= 4 is 11.9 Å². The summed E-state index contributed by atoms with van der Waals surface area (Å²) in [7, 11) is 1.37. The zero-order valence-corrected chi connectivity index (χ0v) is 13.1. The summed E-state index contributed by atoms with van der Waals surface area (Å²) in [5.41, 5.74) is 0. The number of amides is 1. The zero-order valence-electron chi connectivity index (χ0n) is 13.1. The largest absolute Gasteiger partial charge is 0.467 e. The predicted octanol–water partition coefficient (Wildman–Crippen LogP) is 3.05. The molecule has 0 radical (unpaired) electrons. The Balaban J connectivity index is 2.45. The normalized spacial score (nSPS) is 18.4. The lowest BCUT2D eigenvalue weighted by molar-refractivity contribution is -0.145. The second-order valence-corrected chi connectivity index (χ2v) is 6.33. The first-order valence-electron chi connectivity index (χ1n) is 7.90. The maximum Gasteiger partial charge on any atom is 0.328 e. The minimum atomic E-state index is -0.502. The summed E-state index contributed by atoms with van der Waals surface area (Å²) in [5, 5.41) is 2.85. The molecule has 0 heterocycles. The van der Waals surface area contributed by atoms with Crippen LogP contribution in [0, 0.1) is 11.8 Å². The van der Waals surface area contributed by atoms with Crippen molar-refractivity contribution in [3.05, 3.63) is 0 Å². The van der Waals surface area contributed by atoms with Gasteiger partial charge in [0.2, 0.25) is 5.91 Å². The maximum atomic E-state index is 12.1. The van der Waals surface area contributed by atoms with Crippen molar-refractivity contribution in [3.63, 3.8) is 0 Å². The topological polar surface area (TPSA) is 55.4 Å². The van der Waals surface area contributed by atoms with Gasteiger partial charge in [0.1, 0.15) is 6.04 Å². The van der Waals surface area contributed by atoms with E-state index in [1.54, 1.807) is 0 Å². The second-order valence-electron chi connectivity index (χ2n) is 6.33. The molecule has 0 bridgehead atoms. The molecule has 1 saturated carbocycles. The van der Waals surface area contributed by atoms with Crippen LogP contribution in [0.25, 0.3) is 0 Å². The molecule has 1 aliphatic carbocycles. The van der Waals surface area contributed by atoms with Gasteiger partial charge in [-0.3, -0.25) is 4.79 Å². The van der Waals surface area contributed by atoms with Crippen LogP contribution in [0.15, 0.2) is 0 Å². The molecule has 1 aliphatic rings. The van der Waals surface area contributed by atoms with Crippen molar-refractivity contribution < 1.29 is 14.3 Å². The van der Waals surface area contributed by atoms with Gasteiger partial charge in [-0.2, -0.15) is 0 Å². The molecule has 0 aromatic rings. The molecule has 0 aromatic carbocycles. The lowest BCUT2D eigenvalue weighted by Gasteiger charge is -2.20. The fourth-order valence-corrected chi connectivity index (χ4v) is 2.91. The van der Waals surface area contributed by atoms with E-state index in [1.165, 1.54) is 32.8 Å². The number of hydrogen-bond donors (Lipinski definition) is 1. The fraction of sp³-hybridized carbons (Fsp3) is 0.875. The minimum absolute atomic E-state index is 0.00653. The van der Waals surface area contributed by atoms with E-state index in [4.69, 9.17) is 4.74 Å². The van der Waals surface area contributed by atoms with E-state index >= 15 is 0 Å². The molecule has 1 fully saturated rings. The smallest absolute Gasteiger partial charge is 0.328 e. The van der Waals surface area contributed by atoms with Gasteiger partial charge in [0.15, 0.2) is 0 Å². The van der Waals surface area contributed by atoms with Crippen LogP contribution in [0.1, 0.15) is 65.2 Å². The van der Waals surface area contributed by atoms with Crippen molar-refractivity contribution in [1.82, 2.24) is 5.32 Å². The van der Waals surface area contributed by atoms with Crippen LogP contribution in [0.5, 0.6) is 0 Å². The third-order valence-corrected chi connectivity index (χ3v) is 3.98. The monoisotopic (exact) mass is 283 g/mol. The third kappa shape index (κ3) is 6.40. The average molecular weight is 283 g/mol. The first kappa shape index (κ1) is 17.0. The lowest BCUT2D eigenvalue weighted by Crippen LogP contribution is -2.42. The highest BCUT2D eigenvalue weighted by atomic mass is 16.5. The molecule has 4 heteroatoms. The van der Waals surface area contributed by atoms with Gasteiger partial charge in [0.25, 0.3) is 0 Å². The summed E-state index contributed by atoms with van der Waals surface area (Å²) in [6, 6.07) is -0.502. The molecule has 0 aliphatic heterocycles. The summed E-state index contributed by atoms with van der Waals surface area (Å²) in [4.78, 5) is 23.8. The molecule has 0 aromatic heterocycles.